The first-order chi connectivity index (χ1) is 12.6. The molecule has 1 fully saturated rings. The molecule has 0 radical (unpaired) electrons. The third kappa shape index (κ3) is 2.85. The van der Waals surface area contributed by atoms with Crippen molar-refractivity contribution in [2.45, 2.75) is 50.5 Å². The predicted octanol–water partition coefficient (Wildman–Crippen LogP) is 3.30. The van der Waals surface area contributed by atoms with Crippen molar-refractivity contribution in [3.63, 3.8) is 0 Å². The molecule has 2 aliphatic rings. The Hall–Kier alpha value is -2.43. The molecule has 1 aromatic carbocycles. The Morgan fingerprint density at radius 1 is 1.08 bits per heavy atom. The smallest absolute Gasteiger partial charge is 0.253 e. The predicted molar refractivity (Wildman–Crippen MR) is 97.3 cm³/mol. The number of aromatic amines is 1. The average Bonchev–Trinajstić information content (AvgIpc) is 2.68. The summed E-state index contributed by atoms with van der Waals surface area (Å²) in [6.07, 6.45) is 7.04. The summed E-state index contributed by atoms with van der Waals surface area (Å²) in [6.45, 7) is 0.978. The Balaban J connectivity index is 1.68. The van der Waals surface area contributed by atoms with Crippen LogP contribution in [0.15, 0.2) is 41.3 Å². The van der Waals surface area contributed by atoms with E-state index in [-0.39, 0.29) is 17.3 Å². The third-order valence-corrected chi connectivity index (χ3v) is 5.96. The fourth-order valence-electron chi connectivity index (χ4n) is 4.51. The Labute approximate surface area is 152 Å². The highest BCUT2D eigenvalue weighted by Gasteiger charge is 2.44. The average molecular weight is 354 g/mol. The van der Waals surface area contributed by atoms with E-state index in [2.05, 4.69) is 4.98 Å². The number of pyridine rings is 1. The van der Waals surface area contributed by atoms with Crippen LogP contribution in [-0.4, -0.2) is 22.3 Å². The van der Waals surface area contributed by atoms with Gasteiger partial charge in [0.25, 0.3) is 5.56 Å². The number of carbonyl (C=O) groups is 1. The summed E-state index contributed by atoms with van der Waals surface area (Å²) in [5.74, 6) is -0.205. The van der Waals surface area contributed by atoms with Crippen LogP contribution in [0, 0.1) is 5.82 Å². The molecule has 4 nitrogen and oxygen atoms in total. The SMILES string of the molecule is O=C(N1CCc2cc[nH]c(=O)c2C1)C1(c2ccc(F)cc2)CCCCC1. The first-order valence-corrected chi connectivity index (χ1v) is 9.35. The van der Waals surface area contributed by atoms with Gasteiger partial charge in [0.1, 0.15) is 5.82 Å². The van der Waals surface area contributed by atoms with E-state index in [9.17, 15) is 14.0 Å². The Kier molecular flexibility index (Phi) is 4.39. The summed E-state index contributed by atoms with van der Waals surface area (Å²) in [4.78, 5) is 30.3. The molecule has 0 spiro atoms. The first-order valence-electron chi connectivity index (χ1n) is 9.35. The number of halogens is 1. The van der Waals surface area contributed by atoms with Crippen molar-refractivity contribution >= 4 is 5.91 Å². The van der Waals surface area contributed by atoms with Gasteiger partial charge in [0.2, 0.25) is 5.91 Å². The zero-order chi connectivity index (χ0) is 18.1. The van der Waals surface area contributed by atoms with Crippen LogP contribution in [0.1, 0.15) is 48.8 Å². The van der Waals surface area contributed by atoms with Crippen molar-refractivity contribution in [3.05, 3.63) is 69.4 Å². The minimum absolute atomic E-state index is 0.0812. The number of rotatable bonds is 2. The molecule has 1 aliphatic carbocycles. The molecule has 0 atom stereocenters. The summed E-state index contributed by atoms with van der Waals surface area (Å²) in [5, 5.41) is 0. The van der Waals surface area contributed by atoms with E-state index in [0.29, 0.717) is 25.1 Å². The van der Waals surface area contributed by atoms with E-state index in [1.165, 1.54) is 12.1 Å². The number of amides is 1. The second-order valence-corrected chi connectivity index (χ2v) is 7.44. The van der Waals surface area contributed by atoms with Gasteiger partial charge in [0.15, 0.2) is 0 Å². The van der Waals surface area contributed by atoms with Crippen molar-refractivity contribution in [1.29, 1.82) is 0 Å². The lowest BCUT2D eigenvalue weighted by Crippen LogP contribution is -2.50. The lowest BCUT2D eigenvalue weighted by atomic mass is 9.68. The zero-order valence-corrected chi connectivity index (χ0v) is 14.8. The molecule has 5 heteroatoms. The third-order valence-electron chi connectivity index (χ3n) is 5.96. The largest absolute Gasteiger partial charge is 0.337 e. The van der Waals surface area contributed by atoms with Crippen LogP contribution in [0.5, 0.6) is 0 Å². The number of hydrogen-bond acceptors (Lipinski definition) is 2. The monoisotopic (exact) mass is 354 g/mol. The van der Waals surface area contributed by atoms with Gasteiger partial charge in [-0.3, -0.25) is 9.59 Å². The molecule has 1 N–H and O–H groups in total. The molecule has 1 amide bonds. The number of nitrogens with zero attached hydrogens (tertiary/aromatic N) is 1. The number of carbonyl (C=O) groups excluding carboxylic acids is 1. The van der Waals surface area contributed by atoms with Gasteiger partial charge >= 0.3 is 0 Å². The Morgan fingerprint density at radius 2 is 1.81 bits per heavy atom. The summed E-state index contributed by atoms with van der Waals surface area (Å²) in [6, 6.07) is 8.31. The highest BCUT2D eigenvalue weighted by Crippen LogP contribution is 2.41. The van der Waals surface area contributed by atoms with E-state index in [4.69, 9.17) is 0 Å². The van der Waals surface area contributed by atoms with E-state index in [1.807, 2.05) is 11.0 Å². The molecule has 136 valence electrons. The van der Waals surface area contributed by atoms with Crippen LogP contribution in [0.25, 0.3) is 0 Å². The highest BCUT2D eigenvalue weighted by molar-refractivity contribution is 5.88. The van der Waals surface area contributed by atoms with Gasteiger partial charge in [0, 0.05) is 18.3 Å². The molecule has 4 rings (SSSR count). The summed E-state index contributed by atoms with van der Waals surface area (Å²) >= 11 is 0. The molecule has 1 aliphatic heterocycles. The molecule has 26 heavy (non-hydrogen) atoms. The second kappa shape index (κ2) is 6.71. The van der Waals surface area contributed by atoms with Crippen molar-refractivity contribution < 1.29 is 9.18 Å². The van der Waals surface area contributed by atoms with Gasteiger partial charge in [0.05, 0.1) is 12.0 Å². The van der Waals surface area contributed by atoms with Gasteiger partial charge < -0.3 is 9.88 Å². The molecule has 0 unspecified atom stereocenters. The molecule has 0 saturated heterocycles. The van der Waals surface area contributed by atoms with E-state index in [0.717, 1.165) is 43.2 Å². The normalized spacial score (nSPS) is 19.0. The summed E-state index contributed by atoms with van der Waals surface area (Å²) in [5.41, 5.74) is 1.91. The maximum Gasteiger partial charge on any atom is 0.253 e. The van der Waals surface area contributed by atoms with Gasteiger partial charge in [-0.2, -0.15) is 0 Å². The fourth-order valence-corrected chi connectivity index (χ4v) is 4.51. The number of fused-ring (bicyclic) bond motifs is 1. The quantitative estimate of drug-likeness (QED) is 0.900. The fraction of sp³-hybridized carbons (Fsp3) is 0.429. The van der Waals surface area contributed by atoms with E-state index >= 15 is 0 Å². The van der Waals surface area contributed by atoms with E-state index in [1.54, 1.807) is 18.3 Å². The first kappa shape index (κ1) is 17.0. The van der Waals surface area contributed by atoms with E-state index < -0.39 is 5.41 Å². The highest BCUT2D eigenvalue weighted by atomic mass is 19.1. The number of benzene rings is 1. The van der Waals surface area contributed by atoms with Crippen molar-refractivity contribution in [2.75, 3.05) is 6.54 Å². The molecule has 1 aromatic heterocycles. The Bertz CT molecular complexity index is 866. The summed E-state index contributed by atoms with van der Waals surface area (Å²) in [7, 11) is 0. The number of aromatic nitrogens is 1. The van der Waals surface area contributed by atoms with Crippen LogP contribution in [0.3, 0.4) is 0 Å². The van der Waals surface area contributed by atoms with Crippen LogP contribution < -0.4 is 5.56 Å². The van der Waals surface area contributed by atoms with Crippen molar-refractivity contribution in [3.8, 4) is 0 Å². The molecule has 2 heterocycles. The van der Waals surface area contributed by atoms with Crippen LogP contribution in [-0.2, 0) is 23.2 Å². The zero-order valence-electron chi connectivity index (χ0n) is 14.8. The Morgan fingerprint density at radius 3 is 2.54 bits per heavy atom. The maximum atomic E-state index is 13.6. The molecule has 1 saturated carbocycles. The van der Waals surface area contributed by atoms with Gasteiger partial charge in [-0.1, -0.05) is 31.4 Å². The molecular formula is C21H23FN2O2. The van der Waals surface area contributed by atoms with Gasteiger partial charge in [-0.05, 0) is 48.6 Å². The van der Waals surface area contributed by atoms with Crippen LogP contribution in [0.2, 0.25) is 0 Å². The minimum Gasteiger partial charge on any atom is -0.337 e. The van der Waals surface area contributed by atoms with Gasteiger partial charge in [-0.15, -0.1) is 0 Å². The topological polar surface area (TPSA) is 53.2 Å². The standard InChI is InChI=1S/C21H23FN2O2/c22-17-6-4-16(5-7-17)21(10-2-1-3-11-21)20(26)24-13-9-15-8-12-23-19(25)18(15)14-24/h4-8,12H,1-3,9-11,13-14H2,(H,23,25). The number of hydrogen-bond donors (Lipinski definition) is 1. The van der Waals surface area contributed by atoms with Crippen LogP contribution in [0.4, 0.5) is 4.39 Å². The lowest BCUT2D eigenvalue weighted by Gasteiger charge is -2.41. The molecule has 0 bridgehead atoms. The second-order valence-electron chi connectivity index (χ2n) is 7.44. The molecular weight excluding hydrogens is 331 g/mol. The van der Waals surface area contributed by atoms with Crippen LogP contribution >= 0.6 is 0 Å². The summed E-state index contributed by atoms with van der Waals surface area (Å²) < 4.78 is 13.4. The molecule has 2 aromatic rings. The maximum absolute atomic E-state index is 13.6. The van der Waals surface area contributed by atoms with Crippen molar-refractivity contribution in [2.24, 2.45) is 0 Å². The lowest BCUT2D eigenvalue weighted by molar-refractivity contribution is -0.140. The number of nitrogens with one attached hydrogen (secondary N) is 1. The minimum atomic E-state index is -0.592. The van der Waals surface area contributed by atoms with Gasteiger partial charge in [-0.25, -0.2) is 4.39 Å². The van der Waals surface area contributed by atoms with Crippen molar-refractivity contribution in [1.82, 2.24) is 9.88 Å². The number of H-pyrrole nitrogens is 1.